The molecule has 0 amide bonds. The van der Waals surface area contributed by atoms with Gasteiger partial charge in [0.15, 0.2) is 0 Å². The van der Waals surface area contributed by atoms with E-state index in [0.29, 0.717) is 6.61 Å². The minimum atomic E-state index is 0.141. The first kappa shape index (κ1) is 10.2. The van der Waals surface area contributed by atoms with E-state index in [0.717, 1.165) is 0 Å². The van der Waals surface area contributed by atoms with Gasteiger partial charge in [0.05, 0.1) is 6.61 Å². The van der Waals surface area contributed by atoms with Crippen molar-refractivity contribution in [3.05, 3.63) is 29.6 Å². The number of nitrogens with zero attached hydrogens (tertiary/aromatic N) is 1. The van der Waals surface area contributed by atoms with Gasteiger partial charge in [-0.25, -0.2) is 0 Å². The number of methoxy groups -OCH3 is 1. The number of ether oxygens (including phenoxy) is 1. The summed E-state index contributed by atoms with van der Waals surface area (Å²) in [5.74, 6) is 0. The molecule has 1 aromatic heterocycles. The van der Waals surface area contributed by atoms with Crippen LogP contribution in [0.4, 0.5) is 0 Å². The zero-order valence-electron chi connectivity index (χ0n) is 8.79. The van der Waals surface area contributed by atoms with Crippen LogP contribution in [0.3, 0.4) is 0 Å². The van der Waals surface area contributed by atoms with E-state index in [1.54, 1.807) is 7.11 Å². The lowest BCUT2D eigenvalue weighted by atomic mass is 9.85. The first-order chi connectivity index (χ1) is 6.05. The quantitative estimate of drug-likeness (QED) is 0.696. The molecule has 0 saturated carbocycles. The maximum Gasteiger partial charge on any atom is 0.0717 e. The SMILES string of the molecule is COCc1ccncc1C(C)(C)C. The summed E-state index contributed by atoms with van der Waals surface area (Å²) in [6, 6.07) is 2.02. The highest BCUT2D eigenvalue weighted by Crippen LogP contribution is 2.24. The van der Waals surface area contributed by atoms with Gasteiger partial charge in [0.1, 0.15) is 0 Å². The Labute approximate surface area is 80.0 Å². The van der Waals surface area contributed by atoms with E-state index in [9.17, 15) is 0 Å². The molecular formula is C11H17NO. The fraction of sp³-hybridized carbons (Fsp3) is 0.545. The second-order valence-corrected chi connectivity index (χ2v) is 4.22. The second-order valence-electron chi connectivity index (χ2n) is 4.22. The lowest BCUT2D eigenvalue weighted by Crippen LogP contribution is -2.14. The van der Waals surface area contributed by atoms with Crippen molar-refractivity contribution in [1.82, 2.24) is 4.98 Å². The molecule has 0 atom stereocenters. The summed E-state index contributed by atoms with van der Waals surface area (Å²) in [5, 5.41) is 0. The Hall–Kier alpha value is -0.890. The third-order valence-electron chi connectivity index (χ3n) is 2.02. The smallest absolute Gasteiger partial charge is 0.0717 e. The zero-order valence-corrected chi connectivity index (χ0v) is 8.79. The Balaban J connectivity index is 3.05. The van der Waals surface area contributed by atoms with Gasteiger partial charge in [-0.3, -0.25) is 4.98 Å². The van der Waals surface area contributed by atoms with E-state index in [4.69, 9.17) is 4.74 Å². The standard InChI is InChI=1S/C11H17NO/c1-11(2,3)10-7-12-6-5-9(10)8-13-4/h5-7H,8H2,1-4H3. The molecule has 0 spiro atoms. The summed E-state index contributed by atoms with van der Waals surface area (Å²) < 4.78 is 5.14. The Bertz CT molecular complexity index is 276. The highest BCUT2D eigenvalue weighted by atomic mass is 16.5. The molecule has 0 aliphatic heterocycles. The lowest BCUT2D eigenvalue weighted by molar-refractivity contribution is 0.183. The molecule has 1 aromatic rings. The molecule has 0 aliphatic rings. The first-order valence-electron chi connectivity index (χ1n) is 4.48. The molecule has 1 heterocycles. The maximum absolute atomic E-state index is 5.14. The van der Waals surface area contributed by atoms with Gasteiger partial charge in [-0.15, -0.1) is 0 Å². The first-order valence-corrected chi connectivity index (χ1v) is 4.48. The fourth-order valence-electron chi connectivity index (χ4n) is 1.38. The third-order valence-corrected chi connectivity index (χ3v) is 2.02. The zero-order chi connectivity index (χ0) is 9.90. The molecule has 0 aliphatic carbocycles. The van der Waals surface area contributed by atoms with E-state index in [1.807, 2.05) is 18.5 Å². The largest absolute Gasteiger partial charge is 0.380 e. The van der Waals surface area contributed by atoms with Gasteiger partial charge in [0.25, 0.3) is 0 Å². The van der Waals surface area contributed by atoms with Crippen molar-refractivity contribution >= 4 is 0 Å². The molecule has 0 N–H and O–H groups in total. The van der Waals surface area contributed by atoms with E-state index >= 15 is 0 Å². The van der Waals surface area contributed by atoms with Crippen molar-refractivity contribution in [1.29, 1.82) is 0 Å². The molecule has 0 aromatic carbocycles. The van der Waals surface area contributed by atoms with Crippen molar-refractivity contribution in [3.63, 3.8) is 0 Å². The predicted octanol–water partition coefficient (Wildman–Crippen LogP) is 2.53. The van der Waals surface area contributed by atoms with E-state index in [-0.39, 0.29) is 5.41 Å². The topological polar surface area (TPSA) is 22.1 Å². The molecule has 0 unspecified atom stereocenters. The van der Waals surface area contributed by atoms with Gasteiger partial charge in [0.2, 0.25) is 0 Å². The highest BCUT2D eigenvalue weighted by Gasteiger charge is 2.17. The fourth-order valence-corrected chi connectivity index (χ4v) is 1.38. The molecule has 72 valence electrons. The average Bonchev–Trinajstić information content (AvgIpc) is 2.04. The Morgan fingerprint density at radius 3 is 2.62 bits per heavy atom. The normalized spacial score (nSPS) is 11.7. The van der Waals surface area contributed by atoms with Gasteiger partial charge in [-0.2, -0.15) is 0 Å². The maximum atomic E-state index is 5.14. The van der Waals surface area contributed by atoms with Crippen molar-refractivity contribution in [2.45, 2.75) is 32.8 Å². The monoisotopic (exact) mass is 179 g/mol. The van der Waals surface area contributed by atoms with Crippen molar-refractivity contribution < 1.29 is 4.74 Å². The number of rotatable bonds is 2. The van der Waals surface area contributed by atoms with Crippen LogP contribution in [0.15, 0.2) is 18.5 Å². The second kappa shape index (κ2) is 3.88. The highest BCUT2D eigenvalue weighted by molar-refractivity contribution is 5.28. The molecule has 1 rings (SSSR count). The minimum Gasteiger partial charge on any atom is -0.380 e. The molecule has 0 fully saturated rings. The molecule has 2 heteroatoms. The van der Waals surface area contributed by atoms with Gasteiger partial charge < -0.3 is 4.74 Å². The van der Waals surface area contributed by atoms with Gasteiger partial charge in [-0.05, 0) is 22.6 Å². The molecule has 0 saturated heterocycles. The van der Waals surface area contributed by atoms with Crippen molar-refractivity contribution in [3.8, 4) is 0 Å². The summed E-state index contributed by atoms with van der Waals surface area (Å²) in [7, 11) is 1.72. The van der Waals surface area contributed by atoms with Crippen LogP contribution in [0.5, 0.6) is 0 Å². The Morgan fingerprint density at radius 2 is 2.08 bits per heavy atom. The predicted molar refractivity (Wildman–Crippen MR) is 53.7 cm³/mol. The Morgan fingerprint density at radius 1 is 1.38 bits per heavy atom. The van der Waals surface area contributed by atoms with E-state index < -0.39 is 0 Å². The molecule has 13 heavy (non-hydrogen) atoms. The van der Waals surface area contributed by atoms with Crippen LogP contribution in [0, 0.1) is 0 Å². The molecule has 2 nitrogen and oxygen atoms in total. The average molecular weight is 179 g/mol. The number of pyridine rings is 1. The van der Waals surface area contributed by atoms with Crippen molar-refractivity contribution in [2.75, 3.05) is 7.11 Å². The van der Waals surface area contributed by atoms with Crippen molar-refractivity contribution in [2.24, 2.45) is 0 Å². The summed E-state index contributed by atoms with van der Waals surface area (Å²) in [6.07, 6.45) is 3.73. The molecule has 0 radical (unpaired) electrons. The molecular weight excluding hydrogens is 162 g/mol. The van der Waals surface area contributed by atoms with Crippen LogP contribution in [-0.2, 0) is 16.8 Å². The van der Waals surface area contributed by atoms with Crippen LogP contribution in [-0.4, -0.2) is 12.1 Å². The van der Waals surface area contributed by atoms with E-state index in [2.05, 4.69) is 25.8 Å². The summed E-state index contributed by atoms with van der Waals surface area (Å²) in [4.78, 5) is 4.14. The summed E-state index contributed by atoms with van der Waals surface area (Å²) in [5.41, 5.74) is 2.63. The number of hydrogen-bond acceptors (Lipinski definition) is 2. The van der Waals surface area contributed by atoms with Crippen LogP contribution in [0.25, 0.3) is 0 Å². The Kier molecular flexibility index (Phi) is 3.04. The summed E-state index contributed by atoms with van der Waals surface area (Å²) in [6.45, 7) is 7.21. The van der Waals surface area contributed by atoms with Crippen LogP contribution >= 0.6 is 0 Å². The van der Waals surface area contributed by atoms with Gasteiger partial charge in [0, 0.05) is 19.5 Å². The summed E-state index contributed by atoms with van der Waals surface area (Å²) >= 11 is 0. The van der Waals surface area contributed by atoms with E-state index in [1.165, 1.54) is 11.1 Å². The lowest BCUT2D eigenvalue weighted by Gasteiger charge is -2.21. The van der Waals surface area contributed by atoms with Gasteiger partial charge >= 0.3 is 0 Å². The molecule has 0 bridgehead atoms. The number of aromatic nitrogens is 1. The van der Waals surface area contributed by atoms with Crippen LogP contribution < -0.4 is 0 Å². The van der Waals surface area contributed by atoms with Gasteiger partial charge in [-0.1, -0.05) is 20.8 Å². The minimum absolute atomic E-state index is 0.141. The van der Waals surface area contributed by atoms with Crippen LogP contribution in [0.1, 0.15) is 31.9 Å². The number of hydrogen-bond donors (Lipinski definition) is 0. The van der Waals surface area contributed by atoms with Crippen LogP contribution in [0.2, 0.25) is 0 Å². The third kappa shape index (κ3) is 2.52.